The minimum Gasteiger partial charge on any atom is -0.394 e. The third-order valence-electron chi connectivity index (χ3n) is 4.20. The Morgan fingerprint density at radius 3 is 2.70 bits per heavy atom. The summed E-state index contributed by atoms with van der Waals surface area (Å²) in [6.07, 6.45) is -2.19. The highest BCUT2D eigenvalue weighted by atomic mass is 16.6. The van der Waals surface area contributed by atoms with Crippen molar-refractivity contribution in [2.75, 3.05) is 6.61 Å². The summed E-state index contributed by atoms with van der Waals surface area (Å²) in [7, 11) is 1.50. The van der Waals surface area contributed by atoms with E-state index in [1.807, 2.05) is 0 Å². The van der Waals surface area contributed by atoms with Gasteiger partial charge in [0.1, 0.15) is 23.5 Å². The Morgan fingerprint density at radius 1 is 1.39 bits per heavy atom. The van der Waals surface area contributed by atoms with Gasteiger partial charge in [0, 0.05) is 24.7 Å². The number of aliphatic hydroxyl groups is 3. The second kappa shape index (κ2) is 5.24. The molecular formula is C14H17N3O6. The normalized spacial score (nSPS) is 30.9. The number of aryl methyl sites for hydroxylation is 1. The maximum atomic E-state index is 12.3. The molecule has 1 aliphatic heterocycles. The van der Waals surface area contributed by atoms with Crippen LogP contribution in [0.1, 0.15) is 13.2 Å². The van der Waals surface area contributed by atoms with Gasteiger partial charge in [-0.25, -0.2) is 4.79 Å². The summed E-state index contributed by atoms with van der Waals surface area (Å²) in [5, 5.41) is 30.2. The summed E-state index contributed by atoms with van der Waals surface area (Å²) in [4.78, 5) is 27.7. The van der Waals surface area contributed by atoms with Crippen LogP contribution < -0.4 is 11.2 Å². The quantitative estimate of drug-likeness (QED) is 0.589. The Labute approximate surface area is 130 Å². The molecule has 0 unspecified atom stereocenters. The molecule has 2 aromatic heterocycles. The number of aliphatic hydroxyl groups excluding tert-OH is 2. The highest BCUT2D eigenvalue weighted by Gasteiger charge is 2.53. The largest absolute Gasteiger partial charge is 0.394 e. The Morgan fingerprint density at radius 2 is 2.09 bits per heavy atom. The van der Waals surface area contributed by atoms with Gasteiger partial charge in [-0.05, 0) is 13.0 Å². The molecule has 3 heterocycles. The zero-order valence-electron chi connectivity index (χ0n) is 12.6. The SMILES string of the molecule is Cn1c(=O)ccc2cn([C@@H]3O[C@H](CO)[C@@H](O)[C@@]3(C)O)c(=O)nc21. The van der Waals surface area contributed by atoms with Crippen molar-refractivity contribution in [1.29, 1.82) is 0 Å². The van der Waals surface area contributed by atoms with Crippen molar-refractivity contribution >= 4 is 11.0 Å². The molecule has 0 radical (unpaired) electrons. The summed E-state index contributed by atoms with van der Waals surface area (Å²) < 4.78 is 7.70. The van der Waals surface area contributed by atoms with Crippen molar-refractivity contribution in [3.63, 3.8) is 0 Å². The molecule has 2 aromatic rings. The topological polar surface area (TPSA) is 127 Å². The van der Waals surface area contributed by atoms with Crippen LogP contribution in [0, 0.1) is 0 Å². The molecule has 0 aliphatic carbocycles. The molecular weight excluding hydrogens is 306 g/mol. The maximum absolute atomic E-state index is 12.3. The molecule has 9 nitrogen and oxygen atoms in total. The van der Waals surface area contributed by atoms with E-state index in [2.05, 4.69) is 4.98 Å². The van der Waals surface area contributed by atoms with Crippen LogP contribution in [0.15, 0.2) is 27.9 Å². The third kappa shape index (κ3) is 2.29. The summed E-state index contributed by atoms with van der Waals surface area (Å²) in [5.41, 5.74) is -2.62. The first-order valence-corrected chi connectivity index (χ1v) is 7.03. The number of aromatic nitrogens is 3. The highest BCUT2D eigenvalue weighted by molar-refractivity contribution is 5.73. The van der Waals surface area contributed by atoms with E-state index >= 15 is 0 Å². The van der Waals surface area contributed by atoms with Crippen LogP contribution in [0.25, 0.3) is 11.0 Å². The number of hydrogen-bond donors (Lipinski definition) is 3. The van der Waals surface area contributed by atoms with Gasteiger partial charge in [0.15, 0.2) is 6.23 Å². The van der Waals surface area contributed by atoms with Crippen molar-refractivity contribution < 1.29 is 20.1 Å². The number of pyridine rings is 1. The van der Waals surface area contributed by atoms with E-state index < -0.39 is 36.3 Å². The van der Waals surface area contributed by atoms with E-state index in [0.717, 1.165) is 4.57 Å². The minimum atomic E-state index is -1.78. The molecule has 1 saturated heterocycles. The number of fused-ring (bicyclic) bond motifs is 1. The Bertz CT molecular complexity index is 871. The molecule has 0 aromatic carbocycles. The van der Waals surface area contributed by atoms with Gasteiger partial charge in [-0.2, -0.15) is 4.98 Å². The molecule has 0 bridgehead atoms. The van der Waals surface area contributed by atoms with Crippen LogP contribution in [-0.4, -0.2) is 53.9 Å². The Hall–Kier alpha value is -2.07. The van der Waals surface area contributed by atoms with Gasteiger partial charge in [0.2, 0.25) is 0 Å². The molecule has 9 heteroatoms. The van der Waals surface area contributed by atoms with Gasteiger partial charge in [0.05, 0.1) is 6.61 Å². The zero-order valence-corrected chi connectivity index (χ0v) is 12.6. The number of rotatable bonds is 2. The van der Waals surface area contributed by atoms with Crippen molar-refractivity contribution in [2.24, 2.45) is 7.05 Å². The van der Waals surface area contributed by atoms with Crippen LogP contribution in [0.5, 0.6) is 0 Å². The van der Waals surface area contributed by atoms with E-state index in [0.29, 0.717) is 5.39 Å². The van der Waals surface area contributed by atoms with Crippen molar-refractivity contribution in [1.82, 2.24) is 14.1 Å². The standard InChI is InChI=1S/C14H17N3O6/c1-14(22)10(20)8(6-18)23-12(14)17-5-7-3-4-9(19)16(2)11(7)15-13(17)21/h3-5,8,10,12,18,20,22H,6H2,1-2H3/t8-,10-,12-,14-/m1/s1. The summed E-state index contributed by atoms with van der Waals surface area (Å²) >= 11 is 0. The first-order chi connectivity index (χ1) is 10.8. The molecule has 4 atom stereocenters. The lowest BCUT2D eigenvalue weighted by Gasteiger charge is -2.27. The molecule has 3 N–H and O–H groups in total. The smallest absolute Gasteiger partial charge is 0.351 e. The average Bonchev–Trinajstić information content (AvgIpc) is 2.74. The number of hydrogen-bond acceptors (Lipinski definition) is 7. The molecule has 23 heavy (non-hydrogen) atoms. The summed E-state index contributed by atoms with van der Waals surface area (Å²) in [6.45, 7) is 0.813. The van der Waals surface area contributed by atoms with Crippen molar-refractivity contribution in [3.05, 3.63) is 39.2 Å². The highest BCUT2D eigenvalue weighted by Crippen LogP contribution is 2.37. The van der Waals surface area contributed by atoms with E-state index in [-0.39, 0.29) is 11.2 Å². The maximum Gasteiger partial charge on any atom is 0.351 e. The van der Waals surface area contributed by atoms with E-state index in [1.165, 1.54) is 36.9 Å². The molecule has 124 valence electrons. The monoisotopic (exact) mass is 323 g/mol. The Kier molecular flexibility index (Phi) is 3.60. The number of nitrogens with zero attached hydrogens (tertiary/aromatic N) is 3. The lowest BCUT2D eigenvalue weighted by Crippen LogP contribution is -2.46. The zero-order chi connectivity index (χ0) is 16.9. The van der Waals surface area contributed by atoms with E-state index in [9.17, 15) is 24.9 Å². The first kappa shape index (κ1) is 15.8. The summed E-state index contributed by atoms with van der Waals surface area (Å²) in [6, 6.07) is 2.84. The molecule has 0 amide bonds. The fraction of sp³-hybridized carbons (Fsp3) is 0.500. The minimum absolute atomic E-state index is 0.204. The fourth-order valence-electron chi connectivity index (χ4n) is 2.80. The Balaban J connectivity index is 2.18. The van der Waals surface area contributed by atoms with E-state index in [4.69, 9.17) is 4.74 Å². The fourth-order valence-corrected chi connectivity index (χ4v) is 2.80. The third-order valence-corrected chi connectivity index (χ3v) is 4.20. The second-order valence-corrected chi connectivity index (χ2v) is 5.82. The lowest BCUT2D eigenvalue weighted by atomic mass is 9.96. The predicted octanol–water partition coefficient (Wildman–Crippen LogP) is -1.90. The van der Waals surface area contributed by atoms with Crippen molar-refractivity contribution in [3.8, 4) is 0 Å². The molecule has 1 aliphatic rings. The van der Waals surface area contributed by atoms with Gasteiger partial charge in [-0.15, -0.1) is 0 Å². The molecule has 1 fully saturated rings. The van der Waals surface area contributed by atoms with Crippen LogP contribution >= 0.6 is 0 Å². The lowest BCUT2D eigenvalue weighted by molar-refractivity contribution is -0.0985. The predicted molar refractivity (Wildman–Crippen MR) is 78.9 cm³/mol. The van der Waals surface area contributed by atoms with Crippen molar-refractivity contribution in [2.45, 2.75) is 31.0 Å². The second-order valence-electron chi connectivity index (χ2n) is 5.82. The van der Waals surface area contributed by atoms with Gasteiger partial charge in [0.25, 0.3) is 5.56 Å². The van der Waals surface area contributed by atoms with Gasteiger partial charge in [-0.3, -0.25) is 13.9 Å². The molecule has 0 spiro atoms. The van der Waals surface area contributed by atoms with Crippen LogP contribution in [0.4, 0.5) is 0 Å². The summed E-state index contributed by atoms with van der Waals surface area (Å²) in [5.74, 6) is 0. The van der Waals surface area contributed by atoms with Crippen LogP contribution in [0.3, 0.4) is 0 Å². The molecule has 3 rings (SSSR count). The number of ether oxygens (including phenoxy) is 1. The van der Waals surface area contributed by atoms with Gasteiger partial charge >= 0.3 is 5.69 Å². The van der Waals surface area contributed by atoms with Gasteiger partial charge in [-0.1, -0.05) is 0 Å². The van der Waals surface area contributed by atoms with Crippen LogP contribution in [0.2, 0.25) is 0 Å². The molecule has 0 saturated carbocycles. The average molecular weight is 323 g/mol. The van der Waals surface area contributed by atoms with Crippen LogP contribution in [-0.2, 0) is 11.8 Å². The van der Waals surface area contributed by atoms with Gasteiger partial charge < -0.3 is 20.1 Å². The first-order valence-electron chi connectivity index (χ1n) is 7.03. The van der Waals surface area contributed by atoms with E-state index in [1.54, 1.807) is 0 Å².